The summed E-state index contributed by atoms with van der Waals surface area (Å²) < 4.78 is 13.9. The van der Waals surface area contributed by atoms with Crippen LogP contribution in [0, 0.1) is 17.7 Å². The molecule has 2 fully saturated rings. The zero-order chi connectivity index (χ0) is 21.5. The van der Waals surface area contributed by atoms with Gasteiger partial charge in [-0.1, -0.05) is 56.2 Å². The molecule has 1 aromatic rings. The van der Waals surface area contributed by atoms with Crippen LogP contribution in [0.2, 0.25) is 5.02 Å². The molecule has 2 atom stereocenters. The molecule has 1 aromatic carbocycles. The topological polar surface area (TPSA) is 75.3 Å². The second kappa shape index (κ2) is 10.7. The maximum Gasteiger partial charge on any atom is 0.244 e. The van der Waals surface area contributed by atoms with E-state index in [9.17, 15) is 18.8 Å². The van der Waals surface area contributed by atoms with Crippen molar-refractivity contribution in [2.75, 3.05) is 0 Å². The standard InChI is InChI=1S/C23H28ClFN2O3/c24-18-9-7-17(20(25)13-18)8-10-22(29)27-21(12-16-5-6-16)23(30)26-19(14-28)11-15-3-1-2-4-15/h7-10,13-16,19,21H,1-6,11-12H2,(H,26,30)(H,27,29)/b10-8+/t19?,21-/m0/s1. The third kappa shape index (κ3) is 6.94. The summed E-state index contributed by atoms with van der Waals surface area (Å²) in [7, 11) is 0. The first-order valence-corrected chi connectivity index (χ1v) is 11.0. The fourth-order valence-electron chi connectivity index (χ4n) is 3.98. The fraction of sp³-hybridized carbons (Fsp3) is 0.522. The van der Waals surface area contributed by atoms with E-state index in [-0.39, 0.29) is 16.5 Å². The number of halogens is 2. The Morgan fingerprint density at radius 1 is 1.10 bits per heavy atom. The van der Waals surface area contributed by atoms with E-state index in [2.05, 4.69) is 10.6 Å². The van der Waals surface area contributed by atoms with E-state index in [1.165, 1.54) is 43.2 Å². The number of carbonyl (C=O) groups is 3. The molecule has 3 rings (SSSR count). The monoisotopic (exact) mass is 434 g/mol. The zero-order valence-corrected chi connectivity index (χ0v) is 17.7. The molecular weight excluding hydrogens is 407 g/mol. The fourth-order valence-corrected chi connectivity index (χ4v) is 4.14. The Kier molecular flexibility index (Phi) is 8.02. The first-order valence-electron chi connectivity index (χ1n) is 10.6. The van der Waals surface area contributed by atoms with Gasteiger partial charge in [0.05, 0.1) is 6.04 Å². The molecule has 7 heteroatoms. The third-order valence-electron chi connectivity index (χ3n) is 5.83. The summed E-state index contributed by atoms with van der Waals surface area (Å²) >= 11 is 5.73. The molecular formula is C23H28ClFN2O3. The lowest BCUT2D eigenvalue weighted by molar-refractivity contribution is -0.129. The molecule has 5 nitrogen and oxygen atoms in total. The molecule has 0 aromatic heterocycles. The number of carbonyl (C=O) groups excluding carboxylic acids is 3. The van der Waals surface area contributed by atoms with Crippen molar-refractivity contribution >= 4 is 35.8 Å². The van der Waals surface area contributed by atoms with Gasteiger partial charge >= 0.3 is 0 Å². The van der Waals surface area contributed by atoms with Gasteiger partial charge in [-0.25, -0.2) is 4.39 Å². The minimum Gasteiger partial charge on any atom is -0.345 e. The summed E-state index contributed by atoms with van der Waals surface area (Å²) in [5.74, 6) is -0.475. The number of nitrogens with one attached hydrogen (secondary N) is 2. The van der Waals surface area contributed by atoms with Crippen molar-refractivity contribution < 1.29 is 18.8 Å². The first kappa shape index (κ1) is 22.5. The van der Waals surface area contributed by atoms with Gasteiger partial charge in [-0.15, -0.1) is 0 Å². The van der Waals surface area contributed by atoms with E-state index in [4.69, 9.17) is 11.6 Å². The van der Waals surface area contributed by atoms with Gasteiger partial charge in [0, 0.05) is 16.7 Å². The molecule has 2 aliphatic rings. The molecule has 2 N–H and O–H groups in total. The number of benzene rings is 1. The number of rotatable bonds is 10. The Bertz CT molecular complexity index is 804. The lowest BCUT2D eigenvalue weighted by Gasteiger charge is -2.22. The molecule has 162 valence electrons. The number of hydrogen-bond donors (Lipinski definition) is 2. The van der Waals surface area contributed by atoms with Crippen LogP contribution in [0.3, 0.4) is 0 Å². The van der Waals surface area contributed by atoms with Crippen molar-refractivity contribution in [1.82, 2.24) is 10.6 Å². The minimum absolute atomic E-state index is 0.232. The number of hydrogen-bond acceptors (Lipinski definition) is 3. The average molecular weight is 435 g/mol. The van der Waals surface area contributed by atoms with Crippen molar-refractivity contribution in [3.63, 3.8) is 0 Å². The Morgan fingerprint density at radius 3 is 2.43 bits per heavy atom. The Labute approximate surface area is 181 Å². The highest BCUT2D eigenvalue weighted by Crippen LogP contribution is 2.33. The van der Waals surface area contributed by atoms with E-state index in [1.54, 1.807) is 0 Å². The zero-order valence-electron chi connectivity index (χ0n) is 16.9. The molecule has 0 saturated heterocycles. The van der Waals surface area contributed by atoms with Crippen molar-refractivity contribution in [3.8, 4) is 0 Å². The van der Waals surface area contributed by atoms with Crippen LogP contribution in [0.4, 0.5) is 4.39 Å². The molecule has 0 spiro atoms. The second-order valence-corrected chi connectivity index (χ2v) is 8.81. The molecule has 30 heavy (non-hydrogen) atoms. The maximum absolute atomic E-state index is 13.9. The van der Waals surface area contributed by atoms with Gasteiger partial charge in [0.25, 0.3) is 0 Å². The van der Waals surface area contributed by atoms with Gasteiger partial charge in [0.1, 0.15) is 18.1 Å². The predicted molar refractivity (Wildman–Crippen MR) is 114 cm³/mol. The van der Waals surface area contributed by atoms with E-state index in [0.717, 1.165) is 32.0 Å². The summed E-state index contributed by atoms with van der Waals surface area (Å²) in [4.78, 5) is 36.6. The quantitative estimate of drug-likeness (QED) is 0.431. The van der Waals surface area contributed by atoms with Gasteiger partial charge in [-0.2, -0.15) is 0 Å². The van der Waals surface area contributed by atoms with Gasteiger partial charge in [-0.3, -0.25) is 9.59 Å². The molecule has 0 aliphatic heterocycles. The lowest BCUT2D eigenvalue weighted by atomic mass is 9.98. The van der Waals surface area contributed by atoms with Crippen LogP contribution < -0.4 is 10.6 Å². The Balaban J connectivity index is 1.58. The molecule has 2 saturated carbocycles. The molecule has 0 bridgehead atoms. The van der Waals surface area contributed by atoms with E-state index in [1.807, 2.05) is 0 Å². The highest BCUT2D eigenvalue weighted by Gasteiger charge is 2.31. The summed E-state index contributed by atoms with van der Waals surface area (Å²) in [6.07, 6.45) is 11.1. The Hall–Kier alpha value is -2.21. The molecule has 2 aliphatic carbocycles. The smallest absolute Gasteiger partial charge is 0.244 e. The summed E-state index contributed by atoms with van der Waals surface area (Å²) in [6.45, 7) is 0. The maximum atomic E-state index is 13.9. The SMILES string of the molecule is O=CC(CC1CCCC1)NC(=O)[C@H](CC1CC1)NC(=O)/C=C/c1ccc(Cl)cc1F. The van der Waals surface area contributed by atoms with Crippen LogP contribution in [-0.4, -0.2) is 30.2 Å². The molecule has 0 radical (unpaired) electrons. The molecule has 0 heterocycles. The normalized spacial score (nSPS) is 18.9. The highest BCUT2D eigenvalue weighted by atomic mass is 35.5. The predicted octanol–water partition coefficient (Wildman–Crippen LogP) is 4.04. The summed E-state index contributed by atoms with van der Waals surface area (Å²) in [6, 6.07) is 2.95. The van der Waals surface area contributed by atoms with Gasteiger partial charge in [-0.05, 0) is 42.9 Å². The average Bonchev–Trinajstić information content (AvgIpc) is 3.38. The lowest BCUT2D eigenvalue weighted by Crippen LogP contribution is -2.50. The highest BCUT2D eigenvalue weighted by molar-refractivity contribution is 6.30. The largest absolute Gasteiger partial charge is 0.345 e. The van der Waals surface area contributed by atoms with Gasteiger partial charge in [0.15, 0.2) is 0 Å². The van der Waals surface area contributed by atoms with Crippen molar-refractivity contribution in [2.45, 2.75) is 63.5 Å². The molecule has 2 amide bonds. The second-order valence-electron chi connectivity index (χ2n) is 8.38. The summed E-state index contributed by atoms with van der Waals surface area (Å²) in [5, 5.41) is 5.79. The van der Waals surface area contributed by atoms with Crippen LogP contribution >= 0.6 is 11.6 Å². The van der Waals surface area contributed by atoms with Crippen LogP contribution in [0.1, 0.15) is 56.9 Å². The van der Waals surface area contributed by atoms with Crippen LogP contribution in [0.15, 0.2) is 24.3 Å². The van der Waals surface area contributed by atoms with E-state index in [0.29, 0.717) is 24.7 Å². The molecule has 1 unspecified atom stereocenters. The number of amides is 2. The van der Waals surface area contributed by atoms with Crippen molar-refractivity contribution in [2.24, 2.45) is 11.8 Å². The first-order chi connectivity index (χ1) is 14.4. The van der Waals surface area contributed by atoms with E-state index < -0.39 is 23.8 Å². The van der Waals surface area contributed by atoms with Crippen molar-refractivity contribution in [3.05, 3.63) is 40.7 Å². The van der Waals surface area contributed by atoms with E-state index >= 15 is 0 Å². The van der Waals surface area contributed by atoms with Crippen LogP contribution in [-0.2, 0) is 14.4 Å². The number of aldehydes is 1. The van der Waals surface area contributed by atoms with Gasteiger partial charge < -0.3 is 15.4 Å². The minimum atomic E-state index is -0.712. The third-order valence-corrected chi connectivity index (χ3v) is 6.06. The van der Waals surface area contributed by atoms with Crippen LogP contribution in [0.5, 0.6) is 0 Å². The summed E-state index contributed by atoms with van der Waals surface area (Å²) in [5.41, 5.74) is 0.232. The van der Waals surface area contributed by atoms with Crippen molar-refractivity contribution in [1.29, 1.82) is 0 Å². The van der Waals surface area contributed by atoms with Gasteiger partial charge in [0.2, 0.25) is 11.8 Å². The van der Waals surface area contributed by atoms with Crippen LogP contribution in [0.25, 0.3) is 6.08 Å². The Morgan fingerprint density at radius 2 is 1.80 bits per heavy atom.